The van der Waals surface area contributed by atoms with E-state index in [1.807, 2.05) is 54.8 Å². The van der Waals surface area contributed by atoms with Gasteiger partial charge in [-0.15, -0.1) is 0 Å². The van der Waals surface area contributed by atoms with Gasteiger partial charge in [0.25, 0.3) is 0 Å². The first-order valence-corrected chi connectivity index (χ1v) is 13.3. The number of nitrogens with zero attached hydrogens (tertiary/aromatic N) is 3. The number of anilines is 1. The van der Waals surface area contributed by atoms with Crippen LogP contribution in [0.3, 0.4) is 0 Å². The summed E-state index contributed by atoms with van der Waals surface area (Å²) in [6.45, 7) is 5.45. The summed E-state index contributed by atoms with van der Waals surface area (Å²) in [7, 11) is -2.00. The molecular formula is C25H29N5O4S2. The number of ether oxygens (including phenoxy) is 2. The molecule has 0 bridgehead atoms. The lowest BCUT2D eigenvalue weighted by Gasteiger charge is -2.26. The van der Waals surface area contributed by atoms with Crippen LogP contribution in [0, 0.1) is 13.8 Å². The third-order valence-electron chi connectivity index (χ3n) is 5.88. The third kappa shape index (κ3) is 5.59. The quantitative estimate of drug-likeness (QED) is 0.276. The monoisotopic (exact) mass is 527 g/mol. The maximum Gasteiger partial charge on any atom is 0.243 e. The van der Waals surface area contributed by atoms with E-state index >= 15 is 0 Å². The highest BCUT2D eigenvalue weighted by atomic mass is 32.2. The van der Waals surface area contributed by atoms with Crippen LogP contribution in [-0.2, 0) is 14.8 Å². The maximum atomic E-state index is 13.1. The number of morpholine rings is 1. The molecule has 0 spiro atoms. The molecule has 36 heavy (non-hydrogen) atoms. The first-order valence-electron chi connectivity index (χ1n) is 11.4. The number of hydrogen-bond acceptors (Lipinski definition) is 6. The van der Waals surface area contributed by atoms with Gasteiger partial charge in [-0.3, -0.25) is 5.43 Å². The van der Waals surface area contributed by atoms with E-state index in [0.29, 0.717) is 37.2 Å². The fourth-order valence-electron chi connectivity index (χ4n) is 4.09. The zero-order valence-corrected chi connectivity index (χ0v) is 22.0. The van der Waals surface area contributed by atoms with Crippen molar-refractivity contribution in [3.63, 3.8) is 0 Å². The molecular weight excluding hydrogens is 498 g/mol. The Kier molecular flexibility index (Phi) is 8.04. The number of methoxy groups -OCH3 is 1. The topological polar surface area (TPSA) is 97.2 Å². The molecule has 0 amide bonds. The van der Waals surface area contributed by atoms with Crippen LogP contribution in [0.1, 0.15) is 17.0 Å². The minimum absolute atomic E-state index is 0.263. The summed E-state index contributed by atoms with van der Waals surface area (Å²) >= 11 is 5.34. The second-order valence-electron chi connectivity index (χ2n) is 8.20. The number of hydrogen-bond donors (Lipinski definition) is 2. The number of aromatic nitrogens is 1. The second-order valence-corrected chi connectivity index (χ2v) is 10.5. The van der Waals surface area contributed by atoms with Crippen LogP contribution in [-0.4, -0.2) is 62.0 Å². The molecule has 2 heterocycles. The van der Waals surface area contributed by atoms with E-state index in [1.165, 1.54) is 4.31 Å². The van der Waals surface area contributed by atoms with Crippen molar-refractivity contribution in [2.24, 2.45) is 5.10 Å². The fraction of sp³-hybridized carbons (Fsp3) is 0.280. The van der Waals surface area contributed by atoms with Gasteiger partial charge in [0.05, 0.1) is 37.1 Å². The van der Waals surface area contributed by atoms with Crippen molar-refractivity contribution < 1.29 is 17.9 Å². The van der Waals surface area contributed by atoms with Crippen LogP contribution < -0.4 is 15.5 Å². The summed E-state index contributed by atoms with van der Waals surface area (Å²) in [6, 6.07) is 16.4. The molecule has 1 aromatic heterocycles. The molecule has 9 nitrogen and oxygen atoms in total. The van der Waals surface area contributed by atoms with Crippen LogP contribution in [0.5, 0.6) is 5.75 Å². The molecule has 0 unspecified atom stereocenters. The Hall–Kier alpha value is -3.25. The molecule has 2 N–H and O–H groups in total. The van der Waals surface area contributed by atoms with Gasteiger partial charge in [-0.25, -0.2) is 8.42 Å². The summed E-state index contributed by atoms with van der Waals surface area (Å²) in [5, 5.41) is 7.66. The molecule has 1 saturated heterocycles. The largest absolute Gasteiger partial charge is 0.495 e. The van der Waals surface area contributed by atoms with E-state index in [4.69, 9.17) is 21.7 Å². The van der Waals surface area contributed by atoms with Gasteiger partial charge in [0.15, 0.2) is 5.11 Å². The first-order chi connectivity index (χ1) is 17.3. The molecule has 2 aromatic carbocycles. The molecule has 3 aromatic rings. The smallest absolute Gasteiger partial charge is 0.243 e. The number of thiocarbonyl (C=S) groups is 1. The molecule has 0 atom stereocenters. The SMILES string of the molecule is COc1ccccc1NC(=S)NN=Cc1cc(C)n(-c2cccc(S(=O)(=O)N3CCOCC3)c2)c1C. The number of sulfonamides is 1. The van der Waals surface area contributed by atoms with Gasteiger partial charge in [-0.2, -0.15) is 9.41 Å². The Bertz CT molecular complexity index is 1380. The van der Waals surface area contributed by atoms with Crippen molar-refractivity contribution in [3.8, 4) is 11.4 Å². The zero-order chi connectivity index (χ0) is 25.7. The molecule has 11 heteroatoms. The number of rotatable bonds is 7. The number of benzene rings is 2. The normalized spacial score (nSPS) is 14.6. The van der Waals surface area contributed by atoms with Crippen molar-refractivity contribution in [3.05, 3.63) is 71.5 Å². The highest BCUT2D eigenvalue weighted by Crippen LogP contribution is 2.25. The predicted molar refractivity (Wildman–Crippen MR) is 145 cm³/mol. The second kappa shape index (κ2) is 11.2. The van der Waals surface area contributed by atoms with Gasteiger partial charge < -0.3 is 19.4 Å². The van der Waals surface area contributed by atoms with E-state index in [1.54, 1.807) is 31.5 Å². The van der Waals surface area contributed by atoms with Crippen molar-refractivity contribution in [1.82, 2.24) is 14.3 Å². The molecule has 0 aliphatic carbocycles. The molecule has 4 rings (SSSR count). The Morgan fingerprint density at radius 1 is 1.11 bits per heavy atom. The van der Waals surface area contributed by atoms with Gasteiger partial charge >= 0.3 is 0 Å². The van der Waals surface area contributed by atoms with Crippen molar-refractivity contribution in [1.29, 1.82) is 0 Å². The van der Waals surface area contributed by atoms with Crippen molar-refractivity contribution >= 4 is 39.3 Å². The van der Waals surface area contributed by atoms with Gasteiger partial charge in [0, 0.05) is 35.7 Å². The summed E-state index contributed by atoms with van der Waals surface area (Å²) in [4.78, 5) is 0.263. The van der Waals surface area contributed by atoms with Crippen molar-refractivity contribution in [2.75, 3.05) is 38.7 Å². The minimum Gasteiger partial charge on any atom is -0.495 e. The number of hydrazone groups is 1. The fourth-order valence-corrected chi connectivity index (χ4v) is 5.70. The Morgan fingerprint density at radius 2 is 1.86 bits per heavy atom. The van der Waals surface area contributed by atoms with E-state index in [-0.39, 0.29) is 4.90 Å². The molecule has 0 radical (unpaired) electrons. The number of nitrogens with one attached hydrogen (secondary N) is 2. The highest BCUT2D eigenvalue weighted by molar-refractivity contribution is 7.89. The van der Waals surface area contributed by atoms with Crippen molar-refractivity contribution in [2.45, 2.75) is 18.7 Å². The van der Waals surface area contributed by atoms with Crippen LogP contribution in [0.2, 0.25) is 0 Å². The van der Waals surface area contributed by atoms with Gasteiger partial charge in [-0.1, -0.05) is 18.2 Å². The van der Waals surface area contributed by atoms with E-state index in [2.05, 4.69) is 15.8 Å². The van der Waals surface area contributed by atoms with Crippen LogP contribution in [0.4, 0.5) is 5.69 Å². The first kappa shape index (κ1) is 25.8. The van der Waals surface area contributed by atoms with Gasteiger partial charge in [0.2, 0.25) is 10.0 Å². The van der Waals surface area contributed by atoms with E-state index in [9.17, 15) is 8.42 Å². The summed E-state index contributed by atoms with van der Waals surface area (Å²) in [5.41, 5.74) is 7.06. The summed E-state index contributed by atoms with van der Waals surface area (Å²) in [6.07, 6.45) is 1.68. The molecule has 0 saturated carbocycles. The summed E-state index contributed by atoms with van der Waals surface area (Å²) < 4.78 is 40.4. The van der Waals surface area contributed by atoms with Crippen LogP contribution in [0.15, 0.2) is 64.6 Å². The number of para-hydroxylation sites is 2. The zero-order valence-electron chi connectivity index (χ0n) is 20.4. The molecule has 190 valence electrons. The van der Waals surface area contributed by atoms with E-state index < -0.39 is 10.0 Å². The van der Waals surface area contributed by atoms with Crippen LogP contribution >= 0.6 is 12.2 Å². The standard InChI is InChI=1S/C25H29N5O4S2/c1-18-15-20(17-26-28-25(35)27-23-9-4-5-10-24(23)33-3)19(2)30(18)21-7-6-8-22(16-21)36(31,32)29-11-13-34-14-12-29/h4-10,15-17H,11-14H2,1-3H3,(H2,27,28,35). The average Bonchev–Trinajstić information content (AvgIpc) is 3.17. The van der Waals surface area contributed by atoms with Gasteiger partial charge in [-0.05, 0) is 62.5 Å². The molecule has 1 aliphatic heterocycles. The Morgan fingerprint density at radius 3 is 2.61 bits per heavy atom. The Labute approximate surface area is 216 Å². The predicted octanol–water partition coefficient (Wildman–Crippen LogP) is 3.44. The molecule has 1 aliphatic rings. The van der Waals surface area contributed by atoms with Gasteiger partial charge in [0.1, 0.15) is 5.75 Å². The summed E-state index contributed by atoms with van der Waals surface area (Å²) in [5.74, 6) is 0.673. The lowest BCUT2D eigenvalue weighted by molar-refractivity contribution is 0.0730. The van der Waals surface area contributed by atoms with Crippen LogP contribution in [0.25, 0.3) is 5.69 Å². The Balaban J connectivity index is 1.50. The maximum absolute atomic E-state index is 13.1. The number of aryl methyl sites for hydroxylation is 1. The third-order valence-corrected chi connectivity index (χ3v) is 7.97. The molecule has 1 fully saturated rings. The lowest BCUT2D eigenvalue weighted by Crippen LogP contribution is -2.40. The van der Waals surface area contributed by atoms with E-state index in [0.717, 1.165) is 28.3 Å². The lowest BCUT2D eigenvalue weighted by atomic mass is 10.2. The average molecular weight is 528 g/mol. The highest BCUT2D eigenvalue weighted by Gasteiger charge is 2.26. The minimum atomic E-state index is -3.59.